The molecule has 0 unspecified atom stereocenters. The molecule has 2 N–H and O–H groups in total. The topological polar surface area (TPSA) is 44.9 Å². The van der Waals surface area contributed by atoms with Crippen molar-refractivity contribution in [2.45, 2.75) is 19.5 Å². The van der Waals surface area contributed by atoms with E-state index in [0.717, 1.165) is 12.1 Å². The van der Waals surface area contributed by atoms with Crippen LogP contribution in [0.2, 0.25) is 0 Å². The fourth-order valence-corrected chi connectivity index (χ4v) is 3.21. The zero-order valence-corrected chi connectivity index (χ0v) is 15.6. The van der Waals surface area contributed by atoms with Crippen molar-refractivity contribution >= 4 is 45.1 Å². The maximum absolute atomic E-state index is 13.5. The van der Waals surface area contributed by atoms with Crippen molar-refractivity contribution in [3.63, 3.8) is 0 Å². The second-order valence-corrected chi connectivity index (χ2v) is 7.00. The van der Waals surface area contributed by atoms with Gasteiger partial charge in [0.2, 0.25) is 5.91 Å². The van der Waals surface area contributed by atoms with Gasteiger partial charge >= 0.3 is 6.18 Å². The second-order valence-electron chi connectivity index (χ2n) is 5.84. The normalized spacial score (nSPS) is 11.8. The average Bonchev–Trinajstić information content (AvgIpc) is 2.84. The Morgan fingerprint density at radius 1 is 1.19 bits per heavy atom. The van der Waals surface area contributed by atoms with Gasteiger partial charge < -0.3 is 10.3 Å². The van der Waals surface area contributed by atoms with Crippen molar-refractivity contribution in [2.75, 3.05) is 5.32 Å². The number of aromatic amines is 1. The molecule has 0 aliphatic carbocycles. The van der Waals surface area contributed by atoms with Crippen LogP contribution in [0.5, 0.6) is 0 Å². The van der Waals surface area contributed by atoms with Crippen LogP contribution < -0.4 is 5.32 Å². The number of aryl methyl sites for hydroxylation is 1. The summed E-state index contributed by atoms with van der Waals surface area (Å²) in [4.78, 5) is 15.4. The van der Waals surface area contributed by atoms with Gasteiger partial charge in [-0.2, -0.15) is 13.2 Å². The Labute approximate surface area is 159 Å². The van der Waals surface area contributed by atoms with Crippen molar-refractivity contribution in [1.82, 2.24) is 4.98 Å². The van der Waals surface area contributed by atoms with Crippen LogP contribution in [0, 0.1) is 16.3 Å². The number of hydrogen-bond acceptors (Lipinski definition) is 1. The first-order chi connectivity index (χ1) is 12.1. The number of alkyl halides is 3. The molecule has 0 saturated heterocycles. The minimum absolute atomic E-state index is 0.0817. The molecule has 0 bridgehead atoms. The summed E-state index contributed by atoms with van der Waals surface area (Å²) < 4.78 is 52.5. The highest BCUT2D eigenvalue weighted by atomic mass is 127. The van der Waals surface area contributed by atoms with Gasteiger partial charge in [0.25, 0.3) is 0 Å². The van der Waals surface area contributed by atoms with E-state index in [4.69, 9.17) is 0 Å². The molecule has 1 aromatic heterocycles. The van der Waals surface area contributed by atoms with E-state index in [2.05, 4.69) is 10.3 Å². The first-order valence-electron chi connectivity index (χ1n) is 7.58. The van der Waals surface area contributed by atoms with Crippen LogP contribution in [-0.4, -0.2) is 10.9 Å². The highest BCUT2D eigenvalue weighted by Gasteiger charge is 2.31. The molecule has 0 saturated carbocycles. The van der Waals surface area contributed by atoms with E-state index >= 15 is 0 Å². The Kier molecular flexibility index (Phi) is 4.96. The lowest BCUT2D eigenvalue weighted by atomic mass is 10.1. The van der Waals surface area contributed by atoms with Gasteiger partial charge in [-0.15, -0.1) is 0 Å². The van der Waals surface area contributed by atoms with Crippen molar-refractivity contribution in [1.29, 1.82) is 0 Å². The molecule has 0 atom stereocenters. The zero-order valence-electron chi connectivity index (χ0n) is 13.5. The standard InChI is InChI=1S/C18H13F4IN2O/c1-9-12(13-7-11(19)3-5-15(13)24-9)8-17(26)25-16-6-10(18(20,21)22)2-4-14(16)23/h2-7,24H,8H2,1H3,(H,25,26). The summed E-state index contributed by atoms with van der Waals surface area (Å²) in [5.41, 5.74) is 1.27. The number of nitrogens with one attached hydrogen (secondary N) is 2. The number of hydrogen-bond donors (Lipinski definition) is 2. The molecule has 3 nitrogen and oxygen atoms in total. The number of rotatable bonds is 3. The Balaban J connectivity index is 1.86. The van der Waals surface area contributed by atoms with E-state index < -0.39 is 23.5 Å². The van der Waals surface area contributed by atoms with Crippen molar-refractivity contribution < 1.29 is 22.4 Å². The van der Waals surface area contributed by atoms with Gasteiger partial charge in [-0.1, -0.05) is 0 Å². The van der Waals surface area contributed by atoms with Crippen LogP contribution in [0.25, 0.3) is 10.9 Å². The van der Waals surface area contributed by atoms with E-state index in [9.17, 15) is 22.4 Å². The number of fused-ring (bicyclic) bond motifs is 1. The Morgan fingerprint density at radius 2 is 1.92 bits per heavy atom. The summed E-state index contributed by atoms with van der Waals surface area (Å²) >= 11 is 1.86. The molecule has 0 fully saturated rings. The lowest BCUT2D eigenvalue weighted by Gasteiger charge is -2.12. The molecular weight excluding hydrogens is 463 g/mol. The number of amides is 1. The first kappa shape index (κ1) is 18.7. The van der Waals surface area contributed by atoms with Gasteiger partial charge in [0.15, 0.2) is 0 Å². The molecule has 3 rings (SSSR count). The summed E-state index contributed by atoms with van der Waals surface area (Å²) in [5.74, 6) is -0.902. The lowest BCUT2D eigenvalue weighted by Crippen LogP contribution is -2.16. The number of carbonyl (C=O) groups is 1. The number of anilines is 1. The number of halogens is 5. The van der Waals surface area contributed by atoms with E-state index in [-0.39, 0.29) is 12.1 Å². The van der Waals surface area contributed by atoms with Gasteiger partial charge in [-0.3, -0.25) is 4.79 Å². The average molecular weight is 476 g/mol. The minimum atomic E-state index is -4.49. The Bertz CT molecular complexity index is 995. The predicted molar refractivity (Wildman–Crippen MR) is 99.5 cm³/mol. The highest BCUT2D eigenvalue weighted by molar-refractivity contribution is 14.1. The van der Waals surface area contributed by atoms with Gasteiger partial charge in [0, 0.05) is 20.2 Å². The Morgan fingerprint density at radius 3 is 2.62 bits per heavy atom. The number of carbonyl (C=O) groups excluding carboxylic acids is 1. The van der Waals surface area contributed by atoms with Crippen LogP contribution in [0.3, 0.4) is 0 Å². The van der Waals surface area contributed by atoms with Gasteiger partial charge in [0.1, 0.15) is 5.82 Å². The van der Waals surface area contributed by atoms with Gasteiger partial charge in [-0.05, 0) is 71.5 Å². The zero-order chi connectivity index (χ0) is 19.1. The molecule has 1 heterocycles. The number of aromatic nitrogens is 1. The van der Waals surface area contributed by atoms with E-state index in [1.165, 1.54) is 18.2 Å². The summed E-state index contributed by atoms with van der Waals surface area (Å²) in [5, 5.41) is 3.09. The summed E-state index contributed by atoms with van der Waals surface area (Å²) in [6.45, 7) is 1.76. The van der Waals surface area contributed by atoms with Crippen molar-refractivity contribution in [3.05, 3.63) is 62.6 Å². The first-order valence-corrected chi connectivity index (χ1v) is 8.66. The summed E-state index contributed by atoms with van der Waals surface area (Å²) in [6, 6.07) is 7.38. The monoisotopic (exact) mass is 476 g/mol. The third-order valence-corrected chi connectivity index (χ3v) is 4.93. The highest BCUT2D eigenvalue weighted by Crippen LogP contribution is 2.33. The number of H-pyrrole nitrogens is 1. The van der Waals surface area contributed by atoms with E-state index in [0.29, 0.717) is 25.7 Å². The van der Waals surface area contributed by atoms with Crippen LogP contribution >= 0.6 is 22.6 Å². The predicted octanol–water partition coefficient (Wildman–Crippen LogP) is 5.42. The van der Waals surface area contributed by atoms with Crippen molar-refractivity contribution in [3.8, 4) is 0 Å². The minimum Gasteiger partial charge on any atom is -0.358 e. The second kappa shape index (κ2) is 6.90. The SMILES string of the molecule is Cc1[nH]c2ccc(F)cc2c1CC(=O)Nc1cc(C(F)(F)F)ccc1I. The quantitative estimate of drug-likeness (QED) is 0.385. The molecule has 0 spiro atoms. The van der Waals surface area contributed by atoms with Crippen LogP contribution in [0.1, 0.15) is 16.8 Å². The molecule has 0 radical (unpaired) electrons. The lowest BCUT2D eigenvalue weighted by molar-refractivity contribution is -0.137. The summed E-state index contributed by atoms with van der Waals surface area (Å²) in [6.07, 6.45) is -4.57. The largest absolute Gasteiger partial charge is 0.416 e. The van der Waals surface area contributed by atoms with Crippen molar-refractivity contribution in [2.24, 2.45) is 0 Å². The smallest absolute Gasteiger partial charge is 0.358 e. The van der Waals surface area contributed by atoms with Crippen LogP contribution in [0.15, 0.2) is 36.4 Å². The maximum atomic E-state index is 13.5. The van der Waals surface area contributed by atoms with Gasteiger partial charge in [0.05, 0.1) is 17.7 Å². The third-order valence-electron chi connectivity index (χ3n) is 3.99. The maximum Gasteiger partial charge on any atom is 0.416 e. The molecule has 8 heteroatoms. The number of benzene rings is 2. The van der Waals surface area contributed by atoms with Crippen LogP contribution in [-0.2, 0) is 17.4 Å². The van der Waals surface area contributed by atoms with Gasteiger partial charge in [-0.25, -0.2) is 4.39 Å². The fraction of sp³-hybridized carbons (Fsp3) is 0.167. The fourth-order valence-electron chi connectivity index (χ4n) is 2.73. The molecule has 1 amide bonds. The Hall–Kier alpha value is -2.10. The molecular formula is C18H13F4IN2O. The third kappa shape index (κ3) is 3.84. The molecule has 0 aliphatic rings. The molecule has 136 valence electrons. The van der Waals surface area contributed by atoms with E-state index in [1.54, 1.807) is 13.0 Å². The molecule has 2 aromatic carbocycles. The van der Waals surface area contributed by atoms with Crippen LogP contribution in [0.4, 0.5) is 23.2 Å². The molecule has 0 aliphatic heterocycles. The van der Waals surface area contributed by atoms with E-state index in [1.807, 2.05) is 22.6 Å². The summed E-state index contributed by atoms with van der Waals surface area (Å²) in [7, 11) is 0. The molecule has 26 heavy (non-hydrogen) atoms. The molecule has 3 aromatic rings.